The normalized spacial score (nSPS) is 11.7. The number of hydrogen-bond donors (Lipinski definition) is 2. The molecule has 1 unspecified atom stereocenters. The molecule has 1 atom stereocenters. The van der Waals surface area contributed by atoms with Crippen LogP contribution in [0.3, 0.4) is 0 Å². The van der Waals surface area contributed by atoms with E-state index in [1.165, 1.54) is 44.9 Å². The molecule has 0 aromatic carbocycles. The number of nitrogens with one attached hydrogen (secondary N) is 1. The van der Waals surface area contributed by atoms with Crippen LogP contribution >= 0.6 is 24.0 Å². The first-order valence-corrected chi connectivity index (χ1v) is 7.24. The number of hydrogen-bond acceptors (Lipinski definition) is 1. The topological polar surface area (TPSA) is 49.3 Å². The van der Waals surface area contributed by atoms with Crippen molar-refractivity contribution in [3.63, 3.8) is 0 Å². The molecule has 0 radical (unpaired) electrons. The minimum absolute atomic E-state index is 0. The highest BCUT2D eigenvalue weighted by Crippen LogP contribution is 2.12. The molecule has 0 aromatic heterocycles. The van der Waals surface area contributed by atoms with Crippen LogP contribution in [0.15, 0.2) is 0 Å². The summed E-state index contributed by atoms with van der Waals surface area (Å²) in [6.45, 7) is 2.23. The fourth-order valence-corrected chi connectivity index (χ4v) is 2.09. The lowest BCUT2D eigenvalue weighted by molar-refractivity contribution is 0.192. The van der Waals surface area contributed by atoms with E-state index in [0.29, 0.717) is 0 Å². The van der Waals surface area contributed by atoms with Gasteiger partial charge in [0.15, 0.2) is 0 Å². The molecule has 3 nitrogen and oxygen atoms in total. The molecule has 0 saturated heterocycles. The van der Waals surface area contributed by atoms with E-state index in [9.17, 15) is 4.79 Å². The molecule has 0 aliphatic carbocycles. The molecular formula is C13H27Cl2NO2. The van der Waals surface area contributed by atoms with Crippen molar-refractivity contribution in [2.75, 3.05) is 0 Å². The average molecular weight is 300 g/mol. The highest BCUT2D eigenvalue weighted by atomic mass is 35.5. The third-order valence-electron chi connectivity index (χ3n) is 2.84. The summed E-state index contributed by atoms with van der Waals surface area (Å²) < 4.78 is 0. The summed E-state index contributed by atoms with van der Waals surface area (Å²) >= 11 is 5.78. The van der Waals surface area contributed by atoms with Gasteiger partial charge in [0.25, 0.3) is 0 Å². The molecule has 5 heteroatoms. The van der Waals surface area contributed by atoms with Gasteiger partial charge in [-0.2, -0.15) is 0 Å². The largest absolute Gasteiger partial charge is 0.465 e. The number of unbranched alkanes of at least 4 members (excludes halogenated alkanes) is 8. The zero-order valence-electron chi connectivity index (χ0n) is 11.3. The van der Waals surface area contributed by atoms with E-state index < -0.39 is 11.6 Å². The van der Waals surface area contributed by atoms with Gasteiger partial charge in [0.2, 0.25) is 0 Å². The van der Waals surface area contributed by atoms with Crippen molar-refractivity contribution in [1.82, 2.24) is 5.32 Å². The van der Waals surface area contributed by atoms with E-state index in [2.05, 4.69) is 12.2 Å². The lowest BCUT2D eigenvalue weighted by Gasteiger charge is -2.08. The minimum Gasteiger partial charge on any atom is -0.465 e. The fraction of sp³-hybridized carbons (Fsp3) is 0.923. The summed E-state index contributed by atoms with van der Waals surface area (Å²) in [5.41, 5.74) is -0.433. The summed E-state index contributed by atoms with van der Waals surface area (Å²) in [7, 11) is 0. The Hall–Kier alpha value is -0.150. The number of amides is 1. The number of alkyl halides is 1. The van der Waals surface area contributed by atoms with E-state index in [-0.39, 0.29) is 12.4 Å². The number of halogens is 2. The van der Waals surface area contributed by atoms with Gasteiger partial charge >= 0.3 is 6.09 Å². The summed E-state index contributed by atoms with van der Waals surface area (Å²) in [6, 6.07) is 0. The van der Waals surface area contributed by atoms with Crippen molar-refractivity contribution in [2.45, 2.75) is 76.6 Å². The van der Waals surface area contributed by atoms with Crippen LogP contribution in [0.4, 0.5) is 4.79 Å². The van der Waals surface area contributed by atoms with Gasteiger partial charge in [0.1, 0.15) is 5.50 Å². The van der Waals surface area contributed by atoms with Crippen LogP contribution in [-0.4, -0.2) is 16.7 Å². The maximum Gasteiger partial charge on any atom is 0.405 e. The van der Waals surface area contributed by atoms with Crippen LogP contribution < -0.4 is 5.32 Å². The molecular weight excluding hydrogens is 273 g/mol. The number of carbonyl (C=O) groups is 1. The second-order valence-electron chi connectivity index (χ2n) is 4.53. The Morgan fingerprint density at radius 1 is 1.06 bits per heavy atom. The highest BCUT2D eigenvalue weighted by molar-refractivity contribution is 6.21. The molecule has 18 heavy (non-hydrogen) atoms. The lowest BCUT2D eigenvalue weighted by Crippen LogP contribution is -2.28. The summed E-state index contributed by atoms with van der Waals surface area (Å²) in [4.78, 5) is 10.3. The van der Waals surface area contributed by atoms with Gasteiger partial charge in [0, 0.05) is 0 Å². The second-order valence-corrected chi connectivity index (χ2v) is 5.06. The van der Waals surface area contributed by atoms with Crippen molar-refractivity contribution in [2.24, 2.45) is 0 Å². The van der Waals surface area contributed by atoms with Gasteiger partial charge in [-0.05, 0) is 6.42 Å². The molecule has 1 amide bonds. The molecule has 0 heterocycles. The Kier molecular flexibility index (Phi) is 16.7. The van der Waals surface area contributed by atoms with E-state index >= 15 is 0 Å². The van der Waals surface area contributed by atoms with Gasteiger partial charge in [-0.3, -0.25) is 0 Å². The molecule has 0 aliphatic heterocycles. The molecule has 110 valence electrons. The summed E-state index contributed by atoms with van der Waals surface area (Å²) in [6.07, 6.45) is 11.1. The maximum atomic E-state index is 10.3. The minimum atomic E-state index is -1.04. The van der Waals surface area contributed by atoms with Crippen molar-refractivity contribution in [3.8, 4) is 0 Å². The van der Waals surface area contributed by atoms with E-state index in [4.69, 9.17) is 16.7 Å². The smallest absolute Gasteiger partial charge is 0.405 e. The van der Waals surface area contributed by atoms with Crippen LogP contribution in [0.2, 0.25) is 0 Å². The average Bonchev–Trinajstić information content (AvgIpc) is 2.26. The van der Waals surface area contributed by atoms with Crippen LogP contribution in [0, 0.1) is 0 Å². The van der Waals surface area contributed by atoms with Crippen LogP contribution in [0.25, 0.3) is 0 Å². The molecule has 0 saturated carbocycles. The zero-order chi connectivity index (χ0) is 12.9. The molecule has 0 rings (SSSR count). The van der Waals surface area contributed by atoms with Crippen molar-refractivity contribution >= 4 is 30.1 Å². The number of rotatable bonds is 11. The molecule has 2 N–H and O–H groups in total. The van der Waals surface area contributed by atoms with Gasteiger partial charge < -0.3 is 10.4 Å². The zero-order valence-corrected chi connectivity index (χ0v) is 12.9. The Labute approximate surface area is 122 Å². The summed E-state index contributed by atoms with van der Waals surface area (Å²) in [5.74, 6) is 0. The lowest BCUT2D eigenvalue weighted by atomic mass is 10.1. The van der Waals surface area contributed by atoms with Crippen molar-refractivity contribution < 1.29 is 9.90 Å². The van der Waals surface area contributed by atoms with Crippen LogP contribution in [0.1, 0.15) is 71.1 Å². The second kappa shape index (κ2) is 14.9. The van der Waals surface area contributed by atoms with E-state index in [0.717, 1.165) is 19.3 Å². The summed E-state index contributed by atoms with van der Waals surface area (Å²) in [5, 5.41) is 10.7. The van der Waals surface area contributed by atoms with Gasteiger partial charge in [-0.15, -0.1) is 12.4 Å². The predicted octanol–water partition coefficient (Wildman–Crippen LogP) is 5.16. The first-order valence-electron chi connectivity index (χ1n) is 6.80. The monoisotopic (exact) mass is 299 g/mol. The fourth-order valence-electron chi connectivity index (χ4n) is 1.84. The Morgan fingerprint density at radius 3 is 1.94 bits per heavy atom. The third kappa shape index (κ3) is 15.9. The highest BCUT2D eigenvalue weighted by Gasteiger charge is 2.05. The van der Waals surface area contributed by atoms with Gasteiger partial charge in [-0.25, -0.2) is 4.79 Å². The maximum absolute atomic E-state index is 10.3. The third-order valence-corrected chi connectivity index (χ3v) is 3.17. The number of carboxylic acid groups (broad SMARTS) is 1. The molecule has 0 spiro atoms. The Bertz CT molecular complexity index is 192. The molecule has 0 aliphatic rings. The van der Waals surface area contributed by atoms with Crippen LogP contribution in [-0.2, 0) is 0 Å². The van der Waals surface area contributed by atoms with Gasteiger partial charge in [0.05, 0.1) is 0 Å². The van der Waals surface area contributed by atoms with Crippen molar-refractivity contribution in [1.29, 1.82) is 0 Å². The molecule has 0 bridgehead atoms. The first kappa shape index (κ1) is 20.2. The predicted molar refractivity (Wildman–Crippen MR) is 79.9 cm³/mol. The quantitative estimate of drug-likeness (QED) is 0.314. The van der Waals surface area contributed by atoms with E-state index in [1.807, 2.05) is 0 Å². The van der Waals surface area contributed by atoms with Crippen LogP contribution in [0.5, 0.6) is 0 Å². The Balaban J connectivity index is 0. The SMILES string of the molecule is CCCCCCCCCCCC(Cl)NC(=O)O.Cl. The van der Waals surface area contributed by atoms with Crippen molar-refractivity contribution in [3.05, 3.63) is 0 Å². The standard InChI is InChI=1S/C13H26ClNO2.ClH/c1-2-3-4-5-6-7-8-9-10-11-12(14)15-13(16)17;/h12,15H,2-11H2,1H3,(H,16,17);1H. The molecule has 0 fully saturated rings. The molecule has 0 aromatic rings. The van der Waals surface area contributed by atoms with E-state index in [1.54, 1.807) is 0 Å². The first-order chi connectivity index (χ1) is 8.16. The van der Waals surface area contributed by atoms with Gasteiger partial charge in [-0.1, -0.05) is 76.3 Å². The Morgan fingerprint density at radius 2 is 1.50 bits per heavy atom.